The fourth-order valence-electron chi connectivity index (χ4n) is 2.18. The maximum atomic E-state index is 12.4. The summed E-state index contributed by atoms with van der Waals surface area (Å²) in [4.78, 5) is 12.4. The second kappa shape index (κ2) is 8.38. The molecule has 0 saturated heterocycles. The van der Waals surface area contributed by atoms with E-state index in [9.17, 15) is 10.1 Å². The van der Waals surface area contributed by atoms with Crippen molar-refractivity contribution >= 4 is 17.7 Å². The van der Waals surface area contributed by atoms with Crippen LogP contribution in [0.5, 0.6) is 5.75 Å². The predicted octanol–water partition coefficient (Wildman–Crippen LogP) is 3.86. The molecule has 4 nitrogen and oxygen atoms in total. The number of nitrogens with one attached hydrogen (secondary N) is 1. The monoisotopic (exact) mass is 330 g/mol. The number of ether oxygens (including phenoxy) is 1. The predicted molar refractivity (Wildman–Crippen MR) is 98.9 cm³/mol. The van der Waals surface area contributed by atoms with Gasteiger partial charge in [-0.05, 0) is 54.8 Å². The van der Waals surface area contributed by atoms with Crippen LogP contribution in [-0.2, 0) is 4.79 Å². The van der Waals surface area contributed by atoms with Gasteiger partial charge >= 0.3 is 0 Å². The Morgan fingerprint density at radius 2 is 1.96 bits per heavy atom. The van der Waals surface area contributed by atoms with Crippen LogP contribution in [0.15, 0.2) is 48.0 Å². The molecule has 0 saturated carbocycles. The van der Waals surface area contributed by atoms with E-state index in [4.69, 9.17) is 11.2 Å². The van der Waals surface area contributed by atoms with Crippen LogP contribution in [0.3, 0.4) is 0 Å². The van der Waals surface area contributed by atoms with Crippen molar-refractivity contribution in [1.82, 2.24) is 0 Å². The molecule has 25 heavy (non-hydrogen) atoms. The average molecular weight is 330 g/mol. The van der Waals surface area contributed by atoms with E-state index in [1.807, 2.05) is 38.1 Å². The molecule has 2 aromatic rings. The minimum atomic E-state index is -0.441. The van der Waals surface area contributed by atoms with Crippen LogP contribution in [0.4, 0.5) is 5.69 Å². The van der Waals surface area contributed by atoms with Crippen LogP contribution < -0.4 is 10.1 Å². The van der Waals surface area contributed by atoms with Crippen LogP contribution in [0, 0.1) is 37.5 Å². The summed E-state index contributed by atoms with van der Waals surface area (Å²) in [5.74, 6) is 2.58. The summed E-state index contributed by atoms with van der Waals surface area (Å²) in [6.07, 6.45) is 6.67. The van der Waals surface area contributed by atoms with Gasteiger partial charge in [0.05, 0.1) is 0 Å². The van der Waals surface area contributed by atoms with Crippen molar-refractivity contribution < 1.29 is 9.53 Å². The van der Waals surface area contributed by atoms with Crippen LogP contribution in [0.2, 0.25) is 0 Å². The van der Waals surface area contributed by atoms with E-state index in [1.165, 1.54) is 6.08 Å². The quantitative estimate of drug-likeness (QED) is 0.514. The molecular formula is C21H18N2O2. The van der Waals surface area contributed by atoms with Crippen molar-refractivity contribution in [3.63, 3.8) is 0 Å². The van der Waals surface area contributed by atoms with Gasteiger partial charge in [-0.25, -0.2) is 0 Å². The molecule has 1 N–H and O–H groups in total. The Morgan fingerprint density at radius 1 is 1.24 bits per heavy atom. The molecule has 0 spiro atoms. The van der Waals surface area contributed by atoms with Crippen molar-refractivity contribution in [3.8, 4) is 24.2 Å². The number of benzene rings is 2. The number of aryl methyl sites for hydroxylation is 1. The van der Waals surface area contributed by atoms with Crippen LogP contribution in [0.25, 0.3) is 6.08 Å². The highest BCUT2D eigenvalue weighted by Gasteiger charge is 2.11. The number of hydrogen-bond acceptors (Lipinski definition) is 3. The summed E-state index contributed by atoms with van der Waals surface area (Å²) in [5, 5.41) is 12.1. The van der Waals surface area contributed by atoms with Crippen LogP contribution in [-0.4, -0.2) is 12.5 Å². The molecule has 0 aliphatic carbocycles. The summed E-state index contributed by atoms with van der Waals surface area (Å²) in [7, 11) is 0. The Bertz CT molecular complexity index is 882. The van der Waals surface area contributed by atoms with Crippen molar-refractivity contribution in [3.05, 3.63) is 64.7 Å². The normalized spacial score (nSPS) is 10.5. The summed E-state index contributed by atoms with van der Waals surface area (Å²) in [5.41, 5.74) is 3.49. The molecule has 0 radical (unpaired) electrons. The largest absolute Gasteiger partial charge is 0.481 e. The number of carbonyl (C=O) groups excluding carboxylic acids is 1. The lowest BCUT2D eigenvalue weighted by Crippen LogP contribution is -2.14. The van der Waals surface area contributed by atoms with Gasteiger partial charge < -0.3 is 10.1 Å². The number of nitrogens with zero attached hydrogens (tertiary/aromatic N) is 1. The zero-order valence-corrected chi connectivity index (χ0v) is 14.2. The zero-order valence-electron chi connectivity index (χ0n) is 14.2. The first-order valence-electron chi connectivity index (χ1n) is 7.71. The van der Waals surface area contributed by atoms with Crippen LogP contribution in [0.1, 0.15) is 16.7 Å². The summed E-state index contributed by atoms with van der Waals surface area (Å²) in [6.45, 7) is 4.09. The lowest BCUT2D eigenvalue weighted by Gasteiger charge is -2.09. The SMILES string of the molecule is C#CCOc1ccc(/C=C(\C#N)C(=O)Nc2cccc(C)c2C)cc1. The van der Waals surface area contributed by atoms with E-state index >= 15 is 0 Å². The molecule has 4 heteroatoms. The summed E-state index contributed by atoms with van der Waals surface area (Å²) in [6, 6.07) is 14.6. The lowest BCUT2D eigenvalue weighted by molar-refractivity contribution is -0.112. The van der Waals surface area contributed by atoms with Crippen molar-refractivity contribution in [2.45, 2.75) is 13.8 Å². The molecule has 0 heterocycles. The Hall–Kier alpha value is -3.50. The van der Waals surface area contributed by atoms with Gasteiger partial charge in [-0.3, -0.25) is 4.79 Å². The van der Waals surface area contributed by atoms with E-state index in [-0.39, 0.29) is 12.2 Å². The molecule has 0 aliphatic rings. The number of terminal acetylenes is 1. The highest BCUT2D eigenvalue weighted by atomic mass is 16.5. The summed E-state index contributed by atoms with van der Waals surface area (Å²) < 4.78 is 5.29. The smallest absolute Gasteiger partial charge is 0.266 e. The Kier molecular flexibility index (Phi) is 5.98. The number of rotatable bonds is 5. The van der Waals surface area contributed by atoms with Gasteiger partial charge in [0.2, 0.25) is 0 Å². The third-order valence-corrected chi connectivity index (χ3v) is 3.73. The number of nitriles is 1. The second-order valence-electron chi connectivity index (χ2n) is 5.43. The van der Waals surface area contributed by atoms with Gasteiger partial charge in [-0.15, -0.1) is 6.42 Å². The first-order valence-corrected chi connectivity index (χ1v) is 7.71. The average Bonchev–Trinajstić information content (AvgIpc) is 2.62. The van der Waals surface area contributed by atoms with E-state index in [0.717, 1.165) is 16.7 Å². The molecule has 2 rings (SSSR count). The fraction of sp³-hybridized carbons (Fsp3) is 0.143. The molecule has 0 aromatic heterocycles. The number of anilines is 1. The zero-order chi connectivity index (χ0) is 18.2. The first kappa shape index (κ1) is 17.8. The lowest BCUT2D eigenvalue weighted by atomic mass is 10.1. The van der Waals surface area contributed by atoms with Crippen LogP contribution >= 0.6 is 0 Å². The molecule has 124 valence electrons. The third-order valence-electron chi connectivity index (χ3n) is 3.73. The van der Waals surface area contributed by atoms with Crippen molar-refractivity contribution in [1.29, 1.82) is 5.26 Å². The van der Waals surface area contributed by atoms with Gasteiger partial charge in [-0.1, -0.05) is 30.2 Å². The topological polar surface area (TPSA) is 62.1 Å². The maximum absolute atomic E-state index is 12.4. The minimum absolute atomic E-state index is 0.0261. The third kappa shape index (κ3) is 4.73. The number of amides is 1. The maximum Gasteiger partial charge on any atom is 0.266 e. The van der Waals surface area contributed by atoms with Gasteiger partial charge in [0.15, 0.2) is 0 Å². The number of hydrogen-bond donors (Lipinski definition) is 1. The molecule has 0 bridgehead atoms. The summed E-state index contributed by atoms with van der Waals surface area (Å²) >= 11 is 0. The first-order chi connectivity index (χ1) is 12.0. The highest BCUT2D eigenvalue weighted by Crippen LogP contribution is 2.19. The molecule has 0 fully saturated rings. The van der Waals surface area contributed by atoms with Gasteiger partial charge in [0, 0.05) is 5.69 Å². The Labute approximate surface area is 147 Å². The number of carbonyl (C=O) groups is 1. The van der Waals surface area contributed by atoms with Gasteiger partial charge in [0.25, 0.3) is 5.91 Å². The van der Waals surface area contributed by atoms with Crippen molar-refractivity contribution in [2.75, 3.05) is 11.9 Å². The fourth-order valence-corrected chi connectivity index (χ4v) is 2.18. The van der Waals surface area contributed by atoms with Crippen molar-refractivity contribution in [2.24, 2.45) is 0 Å². The molecule has 0 aliphatic heterocycles. The van der Waals surface area contributed by atoms with E-state index in [2.05, 4.69) is 11.2 Å². The second-order valence-corrected chi connectivity index (χ2v) is 5.43. The Balaban J connectivity index is 2.16. The molecule has 0 atom stereocenters. The van der Waals surface area contributed by atoms with Gasteiger partial charge in [-0.2, -0.15) is 5.26 Å². The molecule has 0 unspecified atom stereocenters. The van der Waals surface area contributed by atoms with E-state index < -0.39 is 5.91 Å². The minimum Gasteiger partial charge on any atom is -0.481 e. The van der Waals surface area contributed by atoms with E-state index in [0.29, 0.717) is 11.4 Å². The van der Waals surface area contributed by atoms with E-state index in [1.54, 1.807) is 24.3 Å². The highest BCUT2D eigenvalue weighted by molar-refractivity contribution is 6.10. The molecule has 2 aromatic carbocycles. The molecular weight excluding hydrogens is 312 g/mol. The Morgan fingerprint density at radius 3 is 2.60 bits per heavy atom. The standard InChI is InChI=1S/C21H18N2O2/c1-4-12-25-19-10-8-17(9-11-19)13-18(14-22)21(24)23-20-7-5-6-15(2)16(20)3/h1,5-11,13H,12H2,2-3H3,(H,23,24)/b18-13+. The van der Waals surface area contributed by atoms with Gasteiger partial charge in [0.1, 0.15) is 24.0 Å². The molecule has 1 amide bonds.